The fraction of sp³-hybridized carbons (Fsp3) is 0.579. The highest BCUT2D eigenvalue weighted by molar-refractivity contribution is 6.34. The van der Waals surface area contributed by atoms with Gasteiger partial charge in [-0.25, -0.2) is 0 Å². The monoisotopic (exact) mass is 365 g/mol. The van der Waals surface area contributed by atoms with E-state index in [1.807, 2.05) is 20.9 Å². The van der Waals surface area contributed by atoms with E-state index >= 15 is 0 Å². The summed E-state index contributed by atoms with van der Waals surface area (Å²) in [5.74, 6) is -0.273. The predicted octanol–water partition coefficient (Wildman–Crippen LogP) is 3.68. The summed E-state index contributed by atoms with van der Waals surface area (Å²) in [5, 5.41) is 5.95. The number of nitrogens with one attached hydrogen (secondary N) is 2. The van der Waals surface area contributed by atoms with Gasteiger partial charge in [0.05, 0.1) is 16.6 Å². The molecule has 1 aliphatic carbocycles. The van der Waals surface area contributed by atoms with Gasteiger partial charge in [-0.15, -0.1) is 0 Å². The number of rotatable bonds is 6. The zero-order valence-corrected chi connectivity index (χ0v) is 16.0. The molecular weight excluding hydrogens is 338 g/mol. The Labute approximate surface area is 155 Å². The summed E-state index contributed by atoms with van der Waals surface area (Å²) in [6, 6.07) is 5.22. The van der Waals surface area contributed by atoms with Gasteiger partial charge in [-0.2, -0.15) is 0 Å². The summed E-state index contributed by atoms with van der Waals surface area (Å²) in [4.78, 5) is 26.6. The lowest BCUT2D eigenvalue weighted by atomic mass is 9.93. The van der Waals surface area contributed by atoms with Crippen LogP contribution in [0.25, 0.3) is 0 Å². The number of hydrogen-bond donors (Lipinski definition) is 2. The lowest BCUT2D eigenvalue weighted by Crippen LogP contribution is -2.46. The smallest absolute Gasteiger partial charge is 0.252 e. The Hall–Kier alpha value is -1.59. The van der Waals surface area contributed by atoms with Gasteiger partial charge < -0.3 is 10.6 Å². The van der Waals surface area contributed by atoms with E-state index in [-0.39, 0.29) is 17.9 Å². The van der Waals surface area contributed by atoms with E-state index in [2.05, 4.69) is 15.5 Å². The standard InChI is InChI=1S/C19H28ClN3O2/c1-4-21-19(25)16-11-10-14(12-17(16)20)22-18(24)13(2)23(3)15-8-6-5-7-9-15/h10-13,15H,4-9H2,1-3H3,(H,21,25)(H,22,24). The molecule has 2 N–H and O–H groups in total. The Balaban J connectivity index is 1.99. The molecule has 0 aliphatic heterocycles. The van der Waals surface area contributed by atoms with Gasteiger partial charge >= 0.3 is 0 Å². The number of amides is 2. The van der Waals surface area contributed by atoms with Gasteiger partial charge in [-0.05, 0) is 51.9 Å². The molecule has 0 spiro atoms. The molecule has 0 radical (unpaired) electrons. The van der Waals surface area contributed by atoms with Crippen molar-refractivity contribution in [3.8, 4) is 0 Å². The highest BCUT2D eigenvalue weighted by Gasteiger charge is 2.26. The predicted molar refractivity (Wildman–Crippen MR) is 102 cm³/mol. The third-order valence-corrected chi connectivity index (χ3v) is 5.27. The number of benzene rings is 1. The highest BCUT2D eigenvalue weighted by Crippen LogP contribution is 2.24. The molecule has 0 saturated heterocycles. The van der Waals surface area contributed by atoms with Gasteiger partial charge in [0.25, 0.3) is 5.91 Å². The minimum atomic E-state index is -0.218. The number of carbonyl (C=O) groups excluding carboxylic acids is 2. The minimum Gasteiger partial charge on any atom is -0.352 e. The second-order valence-corrected chi connectivity index (χ2v) is 7.08. The van der Waals surface area contributed by atoms with Gasteiger partial charge in [-0.3, -0.25) is 14.5 Å². The number of likely N-dealkylation sites (N-methyl/N-ethyl adjacent to an activating group) is 1. The molecule has 138 valence electrons. The lowest BCUT2D eigenvalue weighted by Gasteiger charge is -2.34. The molecule has 1 aromatic rings. The summed E-state index contributed by atoms with van der Waals surface area (Å²) in [6.45, 7) is 4.32. The second kappa shape index (κ2) is 9.20. The minimum absolute atomic E-state index is 0.0603. The first-order valence-corrected chi connectivity index (χ1v) is 9.42. The lowest BCUT2D eigenvalue weighted by molar-refractivity contribution is -0.121. The van der Waals surface area contributed by atoms with Crippen LogP contribution in [0.4, 0.5) is 5.69 Å². The molecule has 0 aromatic heterocycles. The molecule has 0 heterocycles. The molecule has 1 aromatic carbocycles. The Morgan fingerprint density at radius 2 is 1.96 bits per heavy atom. The number of hydrogen-bond acceptors (Lipinski definition) is 3. The molecule has 2 rings (SSSR count). The van der Waals surface area contributed by atoms with Crippen LogP contribution in [0, 0.1) is 0 Å². The van der Waals surface area contributed by atoms with Crippen LogP contribution in [0.15, 0.2) is 18.2 Å². The second-order valence-electron chi connectivity index (χ2n) is 6.68. The average molecular weight is 366 g/mol. The van der Waals surface area contributed by atoms with Crippen molar-refractivity contribution in [3.63, 3.8) is 0 Å². The first-order chi connectivity index (χ1) is 11.9. The van der Waals surface area contributed by atoms with E-state index in [0.717, 1.165) is 12.8 Å². The SMILES string of the molecule is CCNC(=O)c1ccc(NC(=O)C(C)N(C)C2CCCCC2)cc1Cl. The van der Waals surface area contributed by atoms with Crippen molar-refractivity contribution in [3.05, 3.63) is 28.8 Å². The summed E-state index contributed by atoms with van der Waals surface area (Å²) in [5.41, 5.74) is 1.01. The fourth-order valence-corrected chi connectivity index (χ4v) is 3.54. The largest absolute Gasteiger partial charge is 0.352 e. The molecule has 2 amide bonds. The molecule has 25 heavy (non-hydrogen) atoms. The Kier molecular flexibility index (Phi) is 7.26. The molecule has 1 saturated carbocycles. The summed E-state index contributed by atoms with van der Waals surface area (Å²) < 4.78 is 0. The van der Waals surface area contributed by atoms with Crippen molar-refractivity contribution < 1.29 is 9.59 Å². The van der Waals surface area contributed by atoms with E-state index in [1.165, 1.54) is 19.3 Å². The molecule has 1 aliphatic rings. The van der Waals surface area contributed by atoms with E-state index in [0.29, 0.717) is 28.9 Å². The van der Waals surface area contributed by atoms with Crippen molar-refractivity contribution in [1.82, 2.24) is 10.2 Å². The quantitative estimate of drug-likeness (QED) is 0.808. The Morgan fingerprint density at radius 3 is 2.56 bits per heavy atom. The normalized spacial score (nSPS) is 16.5. The van der Waals surface area contributed by atoms with Crippen LogP contribution in [0.3, 0.4) is 0 Å². The number of halogens is 1. The van der Waals surface area contributed by atoms with Gasteiger partial charge in [-0.1, -0.05) is 30.9 Å². The van der Waals surface area contributed by atoms with E-state index in [1.54, 1.807) is 18.2 Å². The van der Waals surface area contributed by atoms with Crippen LogP contribution in [0.1, 0.15) is 56.3 Å². The Bertz CT molecular complexity index is 615. The van der Waals surface area contributed by atoms with Gasteiger partial charge in [0.15, 0.2) is 0 Å². The average Bonchev–Trinajstić information content (AvgIpc) is 2.61. The van der Waals surface area contributed by atoms with E-state index in [4.69, 9.17) is 11.6 Å². The topological polar surface area (TPSA) is 61.4 Å². The van der Waals surface area contributed by atoms with Crippen LogP contribution in [0.2, 0.25) is 5.02 Å². The highest BCUT2D eigenvalue weighted by atomic mass is 35.5. The summed E-state index contributed by atoms with van der Waals surface area (Å²) >= 11 is 6.18. The van der Waals surface area contributed by atoms with Crippen LogP contribution < -0.4 is 10.6 Å². The maximum Gasteiger partial charge on any atom is 0.252 e. The Morgan fingerprint density at radius 1 is 1.28 bits per heavy atom. The number of nitrogens with zero attached hydrogens (tertiary/aromatic N) is 1. The summed E-state index contributed by atoms with van der Waals surface area (Å²) in [6.07, 6.45) is 6.07. The molecule has 0 bridgehead atoms. The van der Waals surface area contributed by atoms with Gasteiger partial charge in [0.1, 0.15) is 0 Å². The molecule has 1 fully saturated rings. The third-order valence-electron chi connectivity index (χ3n) is 4.96. The molecular formula is C19H28ClN3O2. The molecule has 6 heteroatoms. The van der Waals surface area contributed by atoms with Crippen LogP contribution in [-0.2, 0) is 4.79 Å². The van der Waals surface area contributed by atoms with Crippen LogP contribution in [0.5, 0.6) is 0 Å². The number of carbonyl (C=O) groups is 2. The molecule has 1 unspecified atom stereocenters. The van der Waals surface area contributed by atoms with E-state index in [9.17, 15) is 9.59 Å². The zero-order chi connectivity index (χ0) is 18.4. The van der Waals surface area contributed by atoms with Crippen molar-refractivity contribution in [2.24, 2.45) is 0 Å². The van der Waals surface area contributed by atoms with Gasteiger partial charge in [0.2, 0.25) is 5.91 Å². The maximum absolute atomic E-state index is 12.6. The first-order valence-electron chi connectivity index (χ1n) is 9.04. The van der Waals surface area contributed by atoms with Crippen LogP contribution in [-0.4, -0.2) is 42.4 Å². The molecule has 1 atom stereocenters. The van der Waals surface area contributed by atoms with Crippen molar-refractivity contribution in [2.75, 3.05) is 18.9 Å². The van der Waals surface area contributed by atoms with E-state index < -0.39 is 0 Å². The zero-order valence-electron chi connectivity index (χ0n) is 15.3. The summed E-state index contributed by atoms with van der Waals surface area (Å²) in [7, 11) is 2.02. The van der Waals surface area contributed by atoms with Gasteiger partial charge in [0, 0.05) is 18.3 Å². The third kappa shape index (κ3) is 5.19. The maximum atomic E-state index is 12.6. The van der Waals surface area contributed by atoms with Crippen molar-refractivity contribution >= 4 is 29.1 Å². The fourth-order valence-electron chi connectivity index (χ4n) is 3.27. The first kappa shape index (κ1) is 19.7. The number of anilines is 1. The molecule has 5 nitrogen and oxygen atoms in total. The van der Waals surface area contributed by atoms with Crippen molar-refractivity contribution in [1.29, 1.82) is 0 Å². The van der Waals surface area contributed by atoms with Crippen molar-refractivity contribution in [2.45, 2.75) is 58.0 Å². The van der Waals surface area contributed by atoms with Crippen LogP contribution >= 0.6 is 11.6 Å².